The van der Waals surface area contributed by atoms with E-state index in [1.54, 1.807) is 14.0 Å². The van der Waals surface area contributed by atoms with E-state index in [9.17, 15) is 4.79 Å². The monoisotopic (exact) mass is 193 g/mol. The van der Waals surface area contributed by atoms with Crippen molar-refractivity contribution in [1.82, 2.24) is 5.32 Å². The number of halogens is 1. The minimum Gasteiger partial charge on any atom is -0.377 e. The quantitative estimate of drug-likeness (QED) is 0.681. The van der Waals surface area contributed by atoms with Gasteiger partial charge in [-0.15, -0.1) is 11.6 Å². The van der Waals surface area contributed by atoms with Gasteiger partial charge in [0.1, 0.15) is 5.38 Å². The van der Waals surface area contributed by atoms with Crippen LogP contribution in [0.5, 0.6) is 0 Å². The van der Waals surface area contributed by atoms with E-state index < -0.39 is 5.38 Å². The van der Waals surface area contributed by atoms with E-state index in [0.717, 1.165) is 0 Å². The number of nitrogens with one attached hydrogen (secondary N) is 1. The Balaban J connectivity index is 3.76. The third-order valence-electron chi connectivity index (χ3n) is 1.60. The van der Waals surface area contributed by atoms with Gasteiger partial charge in [-0.25, -0.2) is 0 Å². The van der Waals surface area contributed by atoms with Gasteiger partial charge in [-0.3, -0.25) is 4.79 Å². The highest BCUT2D eigenvalue weighted by atomic mass is 35.5. The molecule has 0 aromatic rings. The maximum atomic E-state index is 11.0. The molecule has 1 N–H and O–H groups in total. The number of alkyl halides is 1. The number of ether oxygens (including phenoxy) is 1. The normalized spacial score (nSPS) is 14.1. The van der Waals surface area contributed by atoms with Crippen molar-refractivity contribution in [2.45, 2.75) is 31.7 Å². The number of hydrogen-bond acceptors (Lipinski definition) is 2. The van der Waals surface area contributed by atoms with Gasteiger partial charge in [0.25, 0.3) is 0 Å². The Kier molecular flexibility index (Phi) is 4.57. The van der Waals surface area contributed by atoms with Crippen LogP contribution in [0.15, 0.2) is 0 Å². The van der Waals surface area contributed by atoms with Gasteiger partial charge in [-0.05, 0) is 20.8 Å². The smallest absolute Gasteiger partial charge is 0.237 e. The van der Waals surface area contributed by atoms with Crippen LogP contribution in [-0.2, 0) is 9.53 Å². The molecule has 0 radical (unpaired) electrons. The van der Waals surface area contributed by atoms with Crippen LogP contribution in [0, 0.1) is 0 Å². The van der Waals surface area contributed by atoms with E-state index in [2.05, 4.69) is 5.32 Å². The molecule has 0 aromatic heterocycles. The lowest BCUT2D eigenvalue weighted by Crippen LogP contribution is -2.41. The second-order valence-electron chi connectivity index (χ2n) is 3.30. The molecule has 1 atom stereocenters. The summed E-state index contributed by atoms with van der Waals surface area (Å²) < 4.78 is 5.11. The average molecular weight is 194 g/mol. The van der Waals surface area contributed by atoms with E-state index in [4.69, 9.17) is 16.3 Å². The van der Waals surface area contributed by atoms with Crippen molar-refractivity contribution in [3.05, 3.63) is 0 Å². The highest BCUT2D eigenvalue weighted by Crippen LogP contribution is 2.05. The zero-order chi connectivity index (χ0) is 9.78. The topological polar surface area (TPSA) is 38.3 Å². The Hall–Kier alpha value is -0.280. The first-order valence-electron chi connectivity index (χ1n) is 3.86. The SMILES string of the molecule is COC(C)(C)CNC(=O)C(C)Cl. The Morgan fingerprint density at radius 1 is 1.67 bits per heavy atom. The van der Waals surface area contributed by atoms with Crippen LogP contribution >= 0.6 is 11.6 Å². The molecule has 0 aliphatic carbocycles. The first kappa shape index (κ1) is 11.7. The fourth-order valence-electron chi connectivity index (χ4n) is 0.513. The van der Waals surface area contributed by atoms with Crippen molar-refractivity contribution >= 4 is 17.5 Å². The molecular formula is C8H16ClNO2. The summed E-state index contributed by atoms with van der Waals surface area (Å²) in [6.07, 6.45) is 0. The fourth-order valence-corrected chi connectivity index (χ4v) is 0.590. The maximum Gasteiger partial charge on any atom is 0.237 e. The van der Waals surface area contributed by atoms with Crippen LogP contribution in [-0.4, -0.2) is 30.5 Å². The van der Waals surface area contributed by atoms with E-state index >= 15 is 0 Å². The molecule has 1 amide bonds. The Labute approximate surface area is 78.4 Å². The summed E-state index contributed by atoms with van der Waals surface area (Å²) >= 11 is 5.55. The van der Waals surface area contributed by atoms with E-state index in [1.165, 1.54) is 0 Å². The number of hydrogen-bond donors (Lipinski definition) is 1. The van der Waals surface area contributed by atoms with Gasteiger partial charge in [-0.1, -0.05) is 0 Å². The molecule has 0 saturated heterocycles. The first-order chi connectivity index (χ1) is 5.39. The summed E-state index contributed by atoms with van der Waals surface area (Å²) in [6, 6.07) is 0. The van der Waals surface area contributed by atoms with Gasteiger partial charge in [0.05, 0.1) is 5.60 Å². The lowest BCUT2D eigenvalue weighted by molar-refractivity contribution is -0.121. The lowest BCUT2D eigenvalue weighted by atomic mass is 10.1. The van der Waals surface area contributed by atoms with Gasteiger partial charge in [-0.2, -0.15) is 0 Å². The van der Waals surface area contributed by atoms with E-state index in [0.29, 0.717) is 6.54 Å². The zero-order valence-corrected chi connectivity index (χ0v) is 8.73. The van der Waals surface area contributed by atoms with Gasteiger partial charge in [0, 0.05) is 13.7 Å². The largest absolute Gasteiger partial charge is 0.377 e. The molecule has 0 aromatic carbocycles. The maximum absolute atomic E-state index is 11.0. The van der Waals surface area contributed by atoms with Crippen LogP contribution in [0.2, 0.25) is 0 Å². The Morgan fingerprint density at radius 2 is 2.17 bits per heavy atom. The fraction of sp³-hybridized carbons (Fsp3) is 0.875. The molecule has 0 aliphatic heterocycles. The van der Waals surface area contributed by atoms with Gasteiger partial charge >= 0.3 is 0 Å². The summed E-state index contributed by atoms with van der Waals surface area (Å²) in [4.78, 5) is 11.0. The molecular weight excluding hydrogens is 178 g/mol. The summed E-state index contributed by atoms with van der Waals surface area (Å²) in [5.41, 5.74) is -0.332. The number of amides is 1. The van der Waals surface area contributed by atoms with E-state index in [-0.39, 0.29) is 11.5 Å². The molecule has 3 nitrogen and oxygen atoms in total. The third kappa shape index (κ3) is 4.57. The van der Waals surface area contributed by atoms with Crippen molar-refractivity contribution in [2.75, 3.05) is 13.7 Å². The standard InChI is InChI=1S/C8H16ClNO2/c1-6(9)7(11)10-5-8(2,3)12-4/h6H,5H2,1-4H3,(H,10,11). The number of rotatable bonds is 4. The van der Waals surface area contributed by atoms with E-state index in [1.807, 2.05) is 13.8 Å². The van der Waals surface area contributed by atoms with Crippen molar-refractivity contribution in [3.8, 4) is 0 Å². The van der Waals surface area contributed by atoms with Crippen LogP contribution in [0.1, 0.15) is 20.8 Å². The third-order valence-corrected chi connectivity index (χ3v) is 1.80. The van der Waals surface area contributed by atoms with Crippen LogP contribution in [0.3, 0.4) is 0 Å². The Bertz CT molecular complexity index is 157. The Morgan fingerprint density at radius 3 is 2.50 bits per heavy atom. The summed E-state index contributed by atoms with van der Waals surface area (Å²) in [7, 11) is 1.61. The van der Waals surface area contributed by atoms with Gasteiger partial charge in [0.2, 0.25) is 5.91 Å². The molecule has 0 bridgehead atoms. The zero-order valence-electron chi connectivity index (χ0n) is 7.98. The summed E-state index contributed by atoms with van der Waals surface area (Å²) in [5.74, 6) is -0.165. The summed E-state index contributed by atoms with van der Waals surface area (Å²) in [6.45, 7) is 5.90. The highest BCUT2D eigenvalue weighted by Gasteiger charge is 2.18. The average Bonchev–Trinajstić information content (AvgIpc) is 2.00. The van der Waals surface area contributed by atoms with Crippen LogP contribution < -0.4 is 5.32 Å². The second kappa shape index (κ2) is 4.67. The molecule has 0 aliphatic rings. The van der Waals surface area contributed by atoms with Gasteiger partial charge in [0.15, 0.2) is 0 Å². The minimum atomic E-state index is -0.488. The van der Waals surface area contributed by atoms with Crippen molar-refractivity contribution < 1.29 is 9.53 Å². The molecule has 0 heterocycles. The predicted octanol–water partition coefficient (Wildman–Crippen LogP) is 1.15. The second-order valence-corrected chi connectivity index (χ2v) is 3.95. The van der Waals surface area contributed by atoms with Crippen molar-refractivity contribution in [1.29, 1.82) is 0 Å². The first-order valence-corrected chi connectivity index (χ1v) is 4.29. The van der Waals surface area contributed by atoms with Crippen LogP contribution in [0.4, 0.5) is 0 Å². The van der Waals surface area contributed by atoms with Crippen LogP contribution in [0.25, 0.3) is 0 Å². The molecule has 0 fully saturated rings. The summed E-state index contributed by atoms with van der Waals surface area (Å²) in [5, 5.41) is 2.19. The lowest BCUT2D eigenvalue weighted by Gasteiger charge is -2.23. The molecule has 72 valence electrons. The van der Waals surface area contributed by atoms with Gasteiger partial charge < -0.3 is 10.1 Å². The minimum absolute atomic E-state index is 0.165. The predicted molar refractivity (Wildman–Crippen MR) is 49.4 cm³/mol. The number of carbonyl (C=O) groups is 1. The molecule has 0 saturated carbocycles. The molecule has 4 heteroatoms. The van der Waals surface area contributed by atoms with Crippen molar-refractivity contribution in [3.63, 3.8) is 0 Å². The molecule has 1 unspecified atom stereocenters. The number of carbonyl (C=O) groups excluding carboxylic acids is 1. The number of methoxy groups -OCH3 is 1. The molecule has 0 rings (SSSR count). The molecule has 0 spiro atoms. The molecule has 12 heavy (non-hydrogen) atoms. The highest BCUT2D eigenvalue weighted by molar-refractivity contribution is 6.30. The van der Waals surface area contributed by atoms with Crippen molar-refractivity contribution in [2.24, 2.45) is 0 Å².